The van der Waals surface area contributed by atoms with Gasteiger partial charge >= 0.3 is 0 Å². The molecule has 0 unspecified atom stereocenters. The average molecular weight is 359 g/mol. The molecule has 0 aliphatic rings. The molecule has 0 saturated heterocycles. The third-order valence-corrected chi connectivity index (χ3v) is 4.18. The predicted octanol–water partition coefficient (Wildman–Crippen LogP) is 5.79. The molecule has 4 rings (SSSR count). The Labute approximate surface area is 157 Å². The van der Waals surface area contributed by atoms with E-state index < -0.39 is 0 Å². The van der Waals surface area contributed by atoms with Gasteiger partial charge in [0.25, 0.3) is 0 Å². The number of hydrogen-bond acceptors (Lipinski definition) is 3. The summed E-state index contributed by atoms with van der Waals surface area (Å²) < 4.78 is 24.6. The van der Waals surface area contributed by atoms with E-state index in [1.54, 1.807) is 18.3 Å². The van der Waals surface area contributed by atoms with Crippen LogP contribution in [-0.4, -0.2) is 11.6 Å². The molecule has 4 aromatic rings. The molecule has 1 aromatic heterocycles. The summed E-state index contributed by atoms with van der Waals surface area (Å²) in [7, 11) is 0. The first-order valence-electron chi connectivity index (χ1n) is 8.76. The Hall–Kier alpha value is -3.40. The third-order valence-electron chi connectivity index (χ3n) is 4.18. The van der Waals surface area contributed by atoms with Gasteiger partial charge in [-0.3, -0.25) is 4.98 Å². The zero-order chi connectivity index (χ0) is 18.5. The van der Waals surface area contributed by atoms with Gasteiger partial charge in [0, 0.05) is 18.0 Å². The standard InChI is InChI=1S/C23H18FNO2/c24-19-6-8-20(9-7-19)27-22-5-1-3-17(15-22)12-14-26-21-10-11-23-18(16-21)4-2-13-25-23/h1-11,13,15-16H,12,14H2. The van der Waals surface area contributed by atoms with Crippen molar-refractivity contribution in [2.45, 2.75) is 6.42 Å². The second kappa shape index (κ2) is 7.87. The van der Waals surface area contributed by atoms with Crippen LogP contribution in [0.5, 0.6) is 17.2 Å². The van der Waals surface area contributed by atoms with E-state index in [4.69, 9.17) is 9.47 Å². The van der Waals surface area contributed by atoms with Gasteiger partial charge in [0.1, 0.15) is 23.1 Å². The molecule has 0 amide bonds. The topological polar surface area (TPSA) is 31.4 Å². The van der Waals surface area contributed by atoms with Crippen LogP contribution in [0.15, 0.2) is 85.1 Å². The minimum atomic E-state index is -0.280. The van der Waals surface area contributed by atoms with Gasteiger partial charge in [0.15, 0.2) is 0 Å². The summed E-state index contributed by atoms with van der Waals surface area (Å²) in [5.74, 6) is 1.87. The number of nitrogens with zero attached hydrogens (tertiary/aromatic N) is 1. The van der Waals surface area contributed by atoms with Crippen LogP contribution >= 0.6 is 0 Å². The van der Waals surface area contributed by atoms with Crippen molar-refractivity contribution in [2.75, 3.05) is 6.61 Å². The van der Waals surface area contributed by atoms with Gasteiger partial charge in [0.05, 0.1) is 12.1 Å². The molecule has 0 spiro atoms. The Kier molecular flexibility index (Phi) is 4.97. The first-order chi connectivity index (χ1) is 13.3. The van der Waals surface area contributed by atoms with Crippen LogP contribution < -0.4 is 9.47 Å². The van der Waals surface area contributed by atoms with Crippen molar-refractivity contribution in [3.8, 4) is 17.2 Å². The van der Waals surface area contributed by atoms with Crippen LogP contribution in [0.4, 0.5) is 4.39 Å². The monoisotopic (exact) mass is 359 g/mol. The Morgan fingerprint density at radius 3 is 2.52 bits per heavy atom. The maximum absolute atomic E-state index is 13.0. The van der Waals surface area contributed by atoms with Crippen LogP contribution in [-0.2, 0) is 6.42 Å². The molecule has 0 aliphatic carbocycles. The maximum Gasteiger partial charge on any atom is 0.127 e. The molecule has 4 heteroatoms. The number of fused-ring (bicyclic) bond motifs is 1. The predicted molar refractivity (Wildman–Crippen MR) is 104 cm³/mol. The molecule has 3 nitrogen and oxygen atoms in total. The van der Waals surface area contributed by atoms with E-state index in [1.165, 1.54) is 12.1 Å². The Morgan fingerprint density at radius 2 is 1.63 bits per heavy atom. The summed E-state index contributed by atoms with van der Waals surface area (Å²) in [5.41, 5.74) is 2.06. The number of rotatable bonds is 6. The van der Waals surface area contributed by atoms with Gasteiger partial charge in [-0.2, -0.15) is 0 Å². The van der Waals surface area contributed by atoms with Crippen molar-refractivity contribution in [2.24, 2.45) is 0 Å². The summed E-state index contributed by atoms with van der Waals surface area (Å²) >= 11 is 0. The molecule has 3 aromatic carbocycles. The molecule has 0 fully saturated rings. The van der Waals surface area contributed by atoms with E-state index in [-0.39, 0.29) is 5.82 Å². The highest BCUT2D eigenvalue weighted by Gasteiger charge is 2.02. The van der Waals surface area contributed by atoms with Gasteiger partial charge in [-0.15, -0.1) is 0 Å². The van der Waals surface area contributed by atoms with Crippen molar-refractivity contribution >= 4 is 10.9 Å². The number of aromatic nitrogens is 1. The smallest absolute Gasteiger partial charge is 0.127 e. The van der Waals surface area contributed by atoms with Crippen LogP contribution in [0, 0.1) is 5.82 Å². The van der Waals surface area contributed by atoms with E-state index in [2.05, 4.69) is 4.98 Å². The van der Waals surface area contributed by atoms with E-state index >= 15 is 0 Å². The molecule has 0 atom stereocenters. The zero-order valence-corrected chi connectivity index (χ0v) is 14.6. The van der Waals surface area contributed by atoms with Crippen LogP contribution in [0.25, 0.3) is 10.9 Å². The SMILES string of the molecule is Fc1ccc(Oc2cccc(CCOc3ccc4ncccc4c3)c2)cc1. The number of pyridine rings is 1. The third kappa shape index (κ3) is 4.42. The molecular weight excluding hydrogens is 341 g/mol. The average Bonchev–Trinajstić information content (AvgIpc) is 2.70. The zero-order valence-electron chi connectivity index (χ0n) is 14.6. The van der Waals surface area contributed by atoms with Crippen LogP contribution in [0.2, 0.25) is 0 Å². The van der Waals surface area contributed by atoms with Crippen molar-refractivity contribution in [3.05, 3.63) is 96.4 Å². The molecule has 0 N–H and O–H groups in total. The lowest BCUT2D eigenvalue weighted by Gasteiger charge is -2.09. The minimum Gasteiger partial charge on any atom is -0.493 e. The van der Waals surface area contributed by atoms with Gasteiger partial charge < -0.3 is 9.47 Å². The van der Waals surface area contributed by atoms with Gasteiger partial charge in [-0.05, 0) is 66.2 Å². The second-order valence-corrected chi connectivity index (χ2v) is 6.16. The lowest BCUT2D eigenvalue weighted by molar-refractivity contribution is 0.322. The maximum atomic E-state index is 13.0. The van der Waals surface area contributed by atoms with E-state index in [1.807, 2.05) is 54.6 Å². The Bertz CT molecular complexity index is 1050. The number of halogens is 1. The number of hydrogen-bond donors (Lipinski definition) is 0. The van der Waals surface area contributed by atoms with Crippen molar-refractivity contribution in [1.29, 1.82) is 0 Å². The summed E-state index contributed by atoms with van der Waals surface area (Å²) in [6.45, 7) is 0.561. The fraction of sp³-hybridized carbons (Fsp3) is 0.0870. The van der Waals surface area contributed by atoms with Crippen molar-refractivity contribution in [1.82, 2.24) is 4.98 Å². The van der Waals surface area contributed by atoms with Crippen LogP contribution in [0.3, 0.4) is 0 Å². The highest BCUT2D eigenvalue weighted by atomic mass is 19.1. The summed E-state index contributed by atoms with van der Waals surface area (Å²) in [5, 5.41) is 1.06. The normalized spacial score (nSPS) is 10.7. The van der Waals surface area contributed by atoms with E-state index in [0.717, 1.165) is 34.4 Å². The highest BCUT2D eigenvalue weighted by molar-refractivity contribution is 5.79. The van der Waals surface area contributed by atoms with E-state index in [9.17, 15) is 4.39 Å². The molecule has 0 radical (unpaired) electrons. The second-order valence-electron chi connectivity index (χ2n) is 6.16. The first-order valence-corrected chi connectivity index (χ1v) is 8.76. The highest BCUT2D eigenvalue weighted by Crippen LogP contribution is 2.23. The summed E-state index contributed by atoms with van der Waals surface area (Å²) in [6.07, 6.45) is 2.54. The van der Waals surface area contributed by atoms with Crippen molar-refractivity contribution < 1.29 is 13.9 Å². The summed E-state index contributed by atoms with van der Waals surface area (Å²) in [6, 6.07) is 23.6. The Morgan fingerprint density at radius 1 is 0.778 bits per heavy atom. The minimum absolute atomic E-state index is 0.280. The van der Waals surface area contributed by atoms with Gasteiger partial charge in [-0.25, -0.2) is 4.39 Å². The van der Waals surface area contributed by atoms with Crippen LogP contribution in [0.1, 0.15) is 5.56 Å². The van der Waals surface area contributed by atoms with E-state index in [0.29, 0.717) is 12.4 Å². The fourth-order valence-electron chi connectivity index (χ4n) is 2.83. The van der Waals surface area contributed by atoms with Crippen molar-refractivity contribution in [3.63, 3.8) is 0 Å². The Balaban J connectivity index is 1.37. The number of benzene rings is 3. The largest absolute Gasteiger partial charge is 0.493 e. The number of ether oxygens (including phenoxy) is 2. The van der Waals surface area contributed by atoms with Gasteiger partial charge in [0.2, 0.25) is 0 Å². The summed E-state index contributed by atoms with van der Waals surface area (Å²) in [4.78, 5) is 4.31. The molecule has 1 heterocycles. The molecule has 0 saturated carbocycles. The molecule has 27 heavy (non-hydrogen) atoms. The quantitative estimate of drug-likeness (QED) is 0.437. The molecule has 134 valence electrons. The lowest BCUT2D eigenvalue weighted by Crippen LogP contribution is -2.01. The molecule has 0 bridgehead atoms. The molecule has 0 aliphatic heterocycles. The fourth-order valence-corrected chi connectivity index (χ4v) is 2.83. The molecular formula is C23H18FNO2. The lowest BCUT2D eigenvalue weighted by atomic mass is 10.1. The first kappa shape index (κ1) is 17.0. The van der Waals surface area contributed by atoms with Gasteiger partial charge in [-0.1, -0.05) is 18.2 Å².